The van der Waals surface area contributed by atoms with Crippen LogP contribution in [0.2, 0.25) is 0 Å². The Kier molecular flexibility index (Phi) is 9.82. The molecule has 0 bridgehead atoms. The number of nitrogens with zero attached hydrogens (tertiary/aromatic N) is 3. The van der Waals surface area contributed by atoms with Gasteiger partial charge in [-0.15, -0.1) is 22.7 Å². The van der Waals surface area contributed by atoms with Gasteiger partial charge in [-0.05, 0) is 135 Å². The summed E-state index contributed by atoms with van der Waals surface area (Å²) in [6.07, 6.45) is 0. The predicted molar refractivity (Wildman–Crippen MR) is 306 cm³/mol. The van der Waals surface area contributed by atoms with E-state index in [-0.39, 0.29) is 17.5 Å². The van der Waals surface area contributed by atoms with E-state index < -0.39 is 0 Å². The third kappa shape index (κ3) is 6.91. The van der Waals surface area contributed by atoms with Gasteiger partial charge in [-0.25, -0.2) is 0 Å². The summed E-state index contributed by atoms with van der Waals surface area (Å²) in [4.78, 5) is 7.57. The summed E-state index contributed by atoms with van der Waals surface area (Å²) in [5, 5.41) is 3.89. The molecule has 0 fully saturated rings. The van der Waals surface area contributed by atoms with E-state index >= 15 is 0 Å². The van der Waals surface area contributed by atoms with Crippen LogP contribution in [0, 0.1) is 0 Å². The van der Waals surface area contributed by atoms with Crippen molar-refractivity contribution in [2.24, 2.45) is 0 Å². The number of rotatable bonds is 6. The van der Waals surface area contributed by atoms with Crippen molar-refractivity contribution >= 4 is 127 Å². The number of anilines is 9. The first-order valence-corrected chi connectivity index (χ1v) is 26.1. The van der Waals surface area contributed by atoms with E-state index in [1.165, 1.54) is 91.0 Å². The summed E-state index contributed by atoms with van der Waals surface area (Å²) in [5.41, 5.74) is 18.4. The lowest BCUT2D eigenvalue weighted by Crippen LogP contribution is -2.60. The Morgan fingerprint density at radius 2 is 1.00 bits per heavy atom. The van der Waals surface area contributed by atoms with E-state index in [0.717, 1.165) is 28.4 Å². The van der Waals surface area contributed by atoms with Crippen molar-refractivity contribution < 1.29 is 0 Å². The molecular weight excluding hydrogens is 886 g/mol. The van der Waals surface area contributed by atoms with Gasteiger partial charge in [-0.2, -0.15) is 0 Å². The van der Waals surface area contributed by atoms with Gasteiger partial charge in [0.15, 0.2) is 0 Å². The van der Waals surface area contributed by atoms with Gasteiger partial charge in [-0.3, -0.25) is 0 Å². The van der Waals surface area contributed by atoms with E-state index in [1.807, 2.05) is 22.7 Å². The third-order valence-electron chi connectivity index (χ3n) is 14.6. The maximum absolute atomic E-state index is 2.57. The fraction of sp³-hybridized carbons (Fsp3) is 0.125. The van der Waals surface area contributed by atoms with Crippen LogP contribution in [0.15, 0.2) is 206 Å². The maximum atomic E-state index is 2.57. The summed E-state index contributed by atoms with van der Waals surface area (Å²) < 4.78 is 5.25. The Morgan fingerprint density at radius 3 is 1.69 bits per heavy atom. The van der Waals surface area contributed by atoms with Gasteiger partial charge in [0.1, 0.15) is 0 Å². The predicted octanol–water partition coefficient (Wildman–Crippen LogP) is 17.1. The Balaban J connectivity index is 1.08. The molecule has 0 amide bonds. The monoisotopic (exact) mass is 937 g/mol. The van der Waals surface area contributed by atoms with Crippen LogP contribution >= 0.6 is 22.7 Å². The molecule has 0 unspecified atom stereocenters. The zero-order chi connectivity index (χ0) is 47.5. The van der Waals surface area contributed by atoms with E-state index in [2.05, 4.69) is 262 Å². The largest absolute Gasteiger partial charge is 0.311 e. The lowest BCUT2D eigenvalue weighted by molar-refractivity contribution is 0.590. The highest BCUT2D eigenvalue weighted by Crippen LogP contribution is 2.50. The fourth-order valence-corrected chi connectivity index (χ4v) is 13.4. The minimum Gasteiger partial charge on any atom is -0.311 e. The molecule has 338 valence electrons. The van der Waals surface area contributed by atoms with Crippen LogP contribution in [-0.4, -0.2) is 6.71 Å². The zero-order valence-electron chi connectivity index (χ0n) is 40.4. The second-order valence-corrected chi connectivity index (χ2v) is 23.2. The first-order valence-electron chi connectivity index (χ1n) is 24.4. The number of hydrogen-bond donors (Lipinski definition) is 0. The molecule has 2 aliphatic heterocycles. The summed E-state index contributed by atoms with van der Waals surface area (Å²) in [5.74, 6) is 0. The molecule has 0 saturated heterocycles. The van der Waals surface area contributed by atoms with E-state index in [4.69, 9.17) is 0 Å². The summed E-state index contributed by atoms with van der Waals surface area (Å²) in [6, 6.07) is 77.5. The highest BCUT2D eigenvalue weighted by atomic mass is 32.1. The molecule has 0 spiro atoms. The first-order chi connectivity index (χ1) is 34.0. The van der Waals surface area contributed by atoms with E-state index in [0.29, 0.717) is 0 Å². The molecule has 0 N–H and O–H groups in total. The van der Waals surface area contributed by atoms with Crippen molar-refractivity contribution in [3.63, 3.8) is 0 Å². The topological polar surface area (TPSA) is 9.72 Å². The SMILES string of the molecule is CC(C)(C)c1ccc(N(c2ccc(C(C)(C)C)cc2)c2ccc3c(c2)N(c2ccc4c(c2)sc2ccccc24)c2cccc4c2B3c2sc3ccc(-c5ccccc5)cc3c2N4c2ccccc2)cc1. The zero-order valence-corrected chi connectivity index (χ0v) is 42.0. The minimum absolute atomic E-state index is 0.00215. The van der Waals surface area contributed by atoms with Crippen LogP contribution in [-0.2, 0) is 10.8 Å². The summed E-state index contributed by atoms with van der Waals surface area (Å²) in [7, 11) is 0. The highest BCUT2D eigenvalue weighted by Gasteiger charge is 2.45. The molecule has 70 heavy (non-hydrogen) atoms. The van der Waals surface area contributed by atoms with Gasteiger partial charge >= 0.3 is 0 Å². The van der Waals surface area contributed by atoms with Gasteiger partial charge in [-0.1, -0.05) is 157 Å². The first kappa shape index (κ1) is 42.7. The van der Waals surface area contributed by atoms with Crippen LogP contribution < -0.4 is 30.4 Å². The Bertz CT molecular complexity index is 3750. The third-order valence-corrected chi connectivity index (χ3v) is 16.9. The van der Waals surface area contributed by atoms with Gasteiger partial charge < -0.3 is 14.7 Å². The number of para-hydroxylation sites is 1. The van der Waals surface area contributed by atoms with Crippen LogP contribution in [0.3, 0.4) is 0 Å². The number of hydrogen-bond acceptors (Lipinski definition) is 5. The number of thiophene rings is 2. The molecule has 4 heterocycles. The molecule has 0 saturated carbocycles. The molecule has 3 nitrogen and oxygen atoms in total. The summed E-state index contributed by atoms with van der Waals surface area (Å²) >= 11 is 3.83. The molecular formula is C64H52BN3S2. The van der Waals surface area contributed by atoms with Crippen molar-refractivity contribution in [3.8, 4) is 11.1 Å². The van der Waals surface area contributed by atoms with E-state index in [9.17, 15) is 0 Å². The van der Waals surface area contributed by atoms with Crippen molar-refractivity contribution in [3.05, 3.63) is 217 Å². The van der Waals surface area contributed by atoms with E-state index in [1.54, 1.807) is 0 Å². The molecule has 2 aliphatic rings. The summed E-state index contributed by atoms with van der Waals surface area (Å²) in [6.45, 7) is 13.7. The van der Waals surface area contributed by atoms with Gasteiger partial charge in [0, 0.05) is 80.5 Å². The van der Waals surface area contributed by atoms with Gasteiger partial charge in [0.05, 0.1) is 5.69 Å². The maximum Gasteiger partial charge on any atom is 0.264 e. The molecule has 11 aromatic rings. The van der Waals surface area contributed by atoms with Crippen molar-refractivity contribution in [2.75, 3.05) is 14.7 Å². The Morgan fingerprint density at radius 1 is 0.400 bits per heavy atom. The van der Waals surface area contributed by atoms with Crippen LogP contribution in [0.4, 0.5) is 51.2 Å². The second kappa shape index (κ2) is 16.1. The minimum atomic E-state index is -0.00215. The molecule has 9 aromatic carbocycles. The highest BCUT2D eigenvalue weighted by molar-refractivity contribution is 7.33. The molecule has 0 atom stereocenters. The standard InChI is InChI=1S/C64H52BN3S2/c1-63(2,3)43-25-29-46(30-26-43)66(47-31-27-44(28-32-47)64(4,5)6)48-34-36-53-56(39-48)67(49-33-35-51-50-20-13-14-23-57(50)69-59(51)40-49)54-21-15-22-55-60(54)65(53)62-61(68(55)45-18-11-8-12-19-45)52-38-42(24-37-58(52)70-62)41-16-9-7-10-17-41/h7-40H,1-6H3. The molecule has 2 aromatic heterocycles. The molecule has 6 heteroatoms. The van der Waals surface area contributed by atoms with Crippen LogP contribution in [0.5, 0.6) is 0 Å². The molecule has 13 rings (SSSR count). The number of benzene rings is 9. The average Bonchev–Trinajstić information content (AvgIpc) is 3.95. The number of fused-ring (bicyclic) bond motifs is 9. The molecule has 0 radical (unpaired) electrons. The fourth-order valence-electron chi connectivity index (χ4n) is 11.0. The van der Waals surface area contributed by atoms with Crippen LogP contribution in [0.1, 0.15) is 52.7 Å². The Labute approximate surface area is 419 Å². The molecule has 0 aliphatic carbocycles. The second-order valence-electron chi connectivity index (χ2n) is 21.0. The quantitative estimate of drug-likeness (QED) is 0.154. The van der Waals surface area contributed by atoms with Crippen LogP contribution in [0.25, 0.3) is 41.4 Å². The average molecular weight is 938 g/mol. The van der Waals surface area contributed by atoms with Gasteiger partial charge in [0.25, 0.3) is 6.71 Å². The Hall–Kier alpha value is -7.38. The van der Waals surface area contributed by atoms with Crippen molar-refractivity contribution in [1.29, 1.82) is 0 Å². The lowest BCUT2D eigenvalue weighted by Gasteiger charge is -2.43. The van der Waals surface area contributed by atoms with Crippen molar-refractivity contribution in [2.45, 2.75) is 52.4 Å². The van der Waals surface area contributed by atoms with Gasteiger partial charge in [0.2, 0.25) is 0 Å². The normalized spacial score (nSPS) is 13.2. The smallest absolute Gasteiger partial charge is 0.264 e. The lowest BCUT2D eigenvalue weighted by atomic mass is 9.36. The van der Waals surface area contributed by atoms with Crippen molar-refractivity contribution in [1.82, 2.24) is 0 Å².